The number of benzene rings is 2. The van der Waals surface area contributed by atoms with Gasteiger partial charge in [0.2, 0.25) is 5.91 Å². The van der Waals surface area contributed by atoms with Crippen LogP contribution in [-0.4, -0.2) is 52.4 Å². The van der Waals surface area contributed by atoms with Crippen LogP contribution in [0, 0.1) is 0 Å². The van der Waals surface area contributed by atoms with Gasteiger partial charge in [-0.25, -0.2) is 0 Å². The maximum Gasteiger partial charge on any atom is 0.463 e. The zero-order valence-corrected chi connectivity index (χ0v) is 18.9. The lowest BCUT2D eigenvalue weighted by Crippen LogP contribution is -2.47. The number of carbonyl (C=O) groups is 2. The van der Waals surface area contributed by atoms with E-state index in [9.17, 15) is 31.5 Å². The van der Waals surface area contributed by atoms with Crippen LogP contribution in [0.5, 0.6) is 23.0 Å². The van der Waals surface area contributed by atoms with Gasteiger partial charge in [0.05, 0.1) is 39.7 Å². The summed E-state index contributed by atoms with van der Waals surface area (Å²) in [7, 11) is 5.37. The van der Waals surface area contributed by atoms with Gasteiger partial charge in [-0.1, -0.05) is 0 Å². The number of hydrogen-bond acceptors (Lipinski definition) is 6. The second-order valence-corrected chi connectivity index (χ2v) is 6.71. The van der Waals surface area contributed by atoms with E-state index in [4.69, 9.17) is 18.9 Å². The molecule has 2 aromatic rings. The van der Waals surface area contributed by atoms with Crippen LogP contribution < -0.4 is 29.6 Å². The van der Waals surface area contributed by atoms with E-state index in [1.165, 1.54) is 38.8 Å². The number of carbonyl (C=O) groups excluding carboxylic acids is 2. The number of rotatable bonds is 9. The molecular formula is C22H21F5N2O6. The van der Waals surface area contributed by atoms with Gasteiger partial charge in [0.1, 0.15) is 23.0 Å². The van der Waals surface area contributed by atoms with Gasteiger partial charge in [-0.15, -0.1) is 0 Å². The minimum absolute atomic E-state index is 0.0280. The Morgan fingerprint density at radius 3 is 1.86 bits per heavy atom. The minimum Gasteiger partial charge on any atom is -0.496 e. The molecule has 0 unspecified atom stereocenters. The third-order valence-electron chi connectivity index (χ3n) is 4.51. The van der Waals surface area contributed by atoms with Crippen molar-refractivity contribution in [3.8, 4) is 23.0 Å². The van der Waals surface area contributed by atoms with Crippen molar-refractivity contribution < 1.29 is 50.5 Å². The van der Waals surface area contributed by atoms with E-state index in [1.807, 2.05) is 0 Å². The lowest BCUT2D eigenvalue weighted by Gasteiger charge is -2.20. The summed E-state index contributed by atoms with van der Waals surface area (Å²) in [6.45, 7) is 0. The number of methoxy groups -OCH3 is 4. The summed E-state index contributed by atoms with van der Waals surface area (Å²) in [5.41, 5.74) is -0.135. The SMILES string of the molecule is COc1cc(OC)c(C=CC(=O)Nc2ccc(OC)c(NC(=O)C(F)(F)C(F)(F)F)c2)c(OC)c1. The number of nitrogens with one attached hydrogen (secondary N) is 2. The van der Waals surface area contributed by atoms with E-state index in [1.54, 1.807) is 12.1 Å². The highest BCUT2D eigenvalue weighted by Crippen LogP contribution is 2.38. The van der Waals surface area contributed by atoms with E-state index in [2.05, 4.69) is 5.32 Å². The Morgan fingerprint density at radius 2 is 1.37 bits per heavy atom. The molecule has 0 fully saturated rings. The Kier molecular flexibility index (Phi) is 8.50. The van der Waals surface area contributed by atoms with Gasteiger partial charge in [0.25, 0.3) is 0 Å². The van der Waals surface area contributed by atoms with Crippen molar-refractivity contribution in [2.75, 3.05) is 39.1 Å². The molecule has 0 radical (unpaired) electrons. The predicted octanol–water partition coefficient (Wildman–Crippen LogP) is 4.51. The van der Waals surface area contributed by atoms with Crippen LogP contribution in [0.15, 0.2) is 36.4 Å². The molecule has 0 spiro atoms. The van der Waals surface area contributed by atoms with E-state index in [0.29, 0.717) is 22.8 Å². The Balaban J connectivity index is 2.26. The van der Waals surface area contributed by atoms with E-state index in [0.717, 1.165) is 25.3 Å². The van der Waals surface area contributed by atoms with Gasteiger partial charge in [-0.05, 0) is 24.3 Å². The van der Waals surface area contributed by atoms with Crippen LogP contribution in [0.25, 0.3) is 6.08 Å². The molecule has 0 aromatic heterocycles. The van der Waals surface area contributed by atoms with Gasteiger partial charge in [0.15, 0.2) is 0 Å². The van der Waals surface area contributed by atoms with Crippen molar-refractivity contribution in [3.05, 3.63) is 42.0 Å². The van der Waals surface area contributed by atoms with Gasteiger partial charge < -0.3 is 29.6 Å². The summed E-state index contributed by atoms with van der Waals surface area (Å²) in [5.74, 6) is -8.04. The summed E-state index contributed by atoms with van der Waals surface area (Å²) < 4.78 is 84.6. The van der Waals surface area contributed by atoms with Crippen LogP contribution in [-0.2, 0) is 9.59 Å². The van der Waals surface area contributed by atoms with Gasteiger partial charge >= 0.3 is 18.0 Å². The average Bonchev–Trinajstić information content (AvgIpc) is 2.81. The second-order valence-electron chi connectivity index (χ2n) is 6.71. The molecule has 0 heterocycles. The lowest BCUT2D eigenvalue weighted by atomic mass is 10.1. The molecule has 0 aliphatic carbocycles. The third-order valence-corrected chi connectivity index (χ3v) is 4.51. The first-order valence-electron chi connectivity index (χ1n) is 9.61. The number of halogens is 5. The van der Waals surface area contributed by atoms with Crippen molar-refractivity contribution in [2.24, 2.45) is 0 Å². The Morgan fingerprint density at radius 1 is 0.800 bits per heavy atom. The topological polar surface area (TPSA) is 95.1 Å². The van der Waals surface area contributed by atoms with Gasteiger partial charge in [0, 0.05) is 23.9 Å². The van der Waals surface area contributed by atoms with E-state index < -0.39 is 29.6 Å². The summed E-state index contributed by atoms with van der Waals surface area (Å²) >= 11 is 0. The highest BCUT2D eigenvalue weighted by molar-refractivity contribution is 6.03. The van der Waals surface area contributed by atoms with Crippen molar-refractivity contribution in [1.82, 2.24) is 0 Å². The standard InChI is InChI=1S/C22H21F5N2O6/c1-32-13-10-17(34-3)14(18(11-13)35-4)6-8-19(30)28-12-5-7-16(33-2)15(9-12)29-20(31)21(23,24)22(25,26)27/h5-11H,1-4H3,(H,28,30)(H,29,31). The van der Waals surface area contributed by atoms with Crippen molar-refractivity contribution in [1.29, 1.82) is 0 Å². The maximum atomic E-state index is 13.3. The first-order valence-corrected chi connectivity index (χ1v) is 9.61. The molecule has 13 heteroatoms. The Bertz CT molecular complexity index is 1090. The number of amides is 2. The fourth-order valence-electron chi connectivity index (χ4n) is 2.75. The lowest BCUT2D eigenvalue weighted by molar-refractivity contribution is -0.267. The Labute approximate surface area is 196 Å². The van der Waals surface area contributed by atoms with Gasteiger partial charge in [-0.2, -0.15) is 22.0 Å². The average molecular weight is 504 g/mol. The zero-order chi connectivity index (χ0) is 26.4. The number of hydrogen-bond donors (Lipinski definition) is 2. The van der Waals surface area contributed by atoms with E-state index in [-0.39, 0.29) is 11.4 Å². The number of anilines is 2. The molecule has 8 nitrogen and oxygen atoms in total. The van der Waals surface area contributed by atoms with Gasteiger partial charge in [-0.3, -0.25) is 9.59 Å². The van der Waals surface area contributed by atoms with Crippen molar-refractivity contribution in [3.63, 3.8) is 0 Å². The largest absolute Gasteiger partial charge is 0.496 e. The number of alkyl halides is 5. The van der Waals surface area contributed by atoms with Crippen molar-refractivity contribution >= 4 is 29.3 Å². The fourth-order valence-corrected chi connectivity index (χ4v) is 2.75. The second kappa shape index (κ2) is 10.9. The van der Waals surface area contributed by atoms with Crippen LogP contribution in [0.4, 0.5) is 33.3 Å². The summed E-state index contributed by atoms with van der Waals surface area (Å²) in [4.78, 5) is 23.9. The summed E-state index contributed by atoms with van der Waals surface area (Å²) in [5, 5.41) is 3.87. The molecule has 0 aliphatic heterocycles. The highest BCUT2D eigenvalue weighted by atomic mass is 19.4. The van der Waals surface area contributed by atoms with Crippen LogP contribution in [0.1, 0.15) is 5.56 Å². The minimum atomic E-state index is -6.09. The molecule has 0 aliphatic rings. The summed E-state index contributed by atoms with van der Waals surface area (Å²) in [6.07, 6.45) is -3.61. The van der Waals surface area contributed by atoms with Crippen molar-refractivity contribution in [2.45, 2.75) is 12.1 Å². The molecule has 2 amide bonds. The fraction of sp³-hybridized carbons (Fsp3) is 0.273. The molecular weight excluding hydrogens is 483 g/mol. The quantitative estimate of drug-likeness (QED) is 0.386. The third kappa shape index (κ3) is 6.31. The monoisotopic (exact) mass is 504 g/mol. The Hall–Kier alpha value is -4.03. The molecule has 0 saturated heterocycles. The molecule has 2 aromatic carbocycles. The van der Waals surface area contributed by atoms with E-state index >= 15 is 0 Å². The zero-order valence-electron chi connectivity index (χ0n) is 18.9. The first-order chi connectivity index (χ1) is 16.4. The molecule has 35 heavy (non-hydrogen) atoms. The molecule has 2 N–H and O–H groups in total. The summed E-state index contributed by atoms with van der Waals surface area (Å²) in [6, 6.07) is 6.54. The van der Waals surface area contributed by atoms with Crippen LogP contribution in [0.2, 0.25) is 0 Å². The molecule has 0 bridgehead atoms. The molecule has 0 saturated carbocycles. The smallest absolute Gasteiger partial charge is 0.463 e. The predicted molar refractivity (Wildman–Crippen MR) is 116 cm³/mol. The van der Waals surface area contributed by atoms with Crippen LogP contribution >= 0.6 is 0 Å². The first kappa shape index (κ1) is 27.2. The molecule has 2 rings (SSSR count). The molecule has 190 valence electrons. The normalized spacial score (nSPS) is 11.7. The number of ether oxygens (including phenoxy) is 4. The maximum absolute atomic E-state index is 13.3. The van der Waals surface area contributed by atoms with Crippen LogP contribution in [0.3, 0.4) is 0 Å². The highest BCUT2D eigenvalue weighted by Gasteiger charge is 2.63. The molecule has 0 atom stereocenters.